The van der Waals surface area contributed by atoms with Crippen molar-refractivity contribution in [3.63, 3.8) is 0 Å². The first kappa shape index (κ1) is 25.2. The van der Waals surface area contributed by atoms with Crippen molar-refractivity contribution in [3.8, 4) is 17.0 Å². The molecule has 33 heavy (non-hydrogen) atoms. The molecule has 178 valence electrons. The number of aromatic nitrogens is 4. The van der Waals surface area contributed by atoms with E-state index in [-0.39, 0.29) is 10.8 Å². The standard InChI is InChI=1S/C25H35N5O2S/c1-8-10-11-12-20-24-26-13-14-29(24)17-22(28-20)19-15-21(27-16-23(19)32-7)18(3)30(9-2)33(31)25(4,5)6/h8,13-18H,1,9-12H2,2-7H3/t18-,33?/m1/s1. The van der Waals surface area contributed by atoms with Crippen LogP contribution in [0.4, 0.5) is 0 Å². The second kappa shape index (κ2) is 10.7. The van der Waals surface area contributed by atoms with Crippen LogP contribution in [0.15, 0.2) is 43.5 Å². The molecule has 0 aromatic carbocycles. The molecule has 3 rings (SSSR count). The second-order valence-electron chi connectivity index (χ2n) is 8.99. The number of rotatable bonds is 10. The van der Waals surface area contributed by atoms with Crippen molar-refractivity contribution in [3.05, 3.63) is 54.9 Å². The Labute approximate surface area is 200 Å². The minimum absolute atomic E-state index is 0.135. The van der Waals surface area contributed by atoms with Crippen molar-refractivity contribution < 1.29 is 9.29 Å². The Kier molecular flexibility index (Phi) is 8.15. The van der Waals surface area contributed by atoms with Gasteiger partial charge in [-0.05, 0) is 59.9 Å². The van der Waals surface area contributed by atoms with E-state index in [9.17, 15) is 4.55 Å². The smallest absolute Gasteiger partial charge is 0.158 e. The molecule has 0 aliphatic rings. The number of pyridine rings is 1. The molecule has 0 saturated carbocycles. The Morgan fingerprint density at radius 2 is 2.09 bits per heavy atom. The van der Waals surface area contributed by atoms with Crippen LogP contribution in [-0.2, 0) is 17.8 Å². The predicted octanol–water partition coefficient (Wildman–Crippen LogP) is 5.15. The minimum Gasteiger partial charge on any atom is -0.597 e. The van der Waals surface area contributed by atoms with Crippen molar-refractivity contribution in [2.75, 3.05) is 13.7 Å². The van der Waals surface area contributed by atoms with Crippen LogP contribution in [0.1, 0.15) is 64.9 Å². The maximum atomic E-state index is 13.1. The van der Waals surface area contributed by atoms with Gasteiger partial charge < -0.3 is 13.7 Å². The highest BCUT2D eigenvalue weighted by molar-refractivity contribution is 7.90. The molecule has 0 aliphatic heterocycles. The molecule has 0 aliphatic carbocycles. The van der Waals surface area contributed by atoms with Crippen molar-refractivity contribution in [1.82, 2.24) is 23.7 Å². The maximum absolute atomic E-state index is 13.1. The first-order chi connectivity index (χ1) is 15.7. The average molecular weight is 470 g/mol. The number of aryl methyl sites for hydroxylation is 1. The summed E-state index contributed by atoms with van der Waals surface area (Å²) in [5.74, 6) is 0.648. The lowest BCUT2D eigenvalue weighted by molar-refractivity contribution is 0.338. The van der Waals surface area contributed by atoms with Crippen LogP contribution >= 0.6 is 0 Å². The Balaban J connectivity index is 2.05. The minimum atomic E-state index is -1.16. The van der Waals surface area contributed by atoms with E-state index in [1.165, 1.54) is 0 Å². The van der Waals surface area contributed by atoms with Gasteiger partial charge in [0.25, 0.3) is 0 Å². The third-order valence-electron chi connectivity index (χ3n) is 5.56. The summed E-state index contributed by atoms with van der Waals surface area (Å²) in [5.41, 5.74) is 4.28. The third kappa shape index (κ3) is 5.57. The summed E-state index contributed by atoms with van der Waals surface area (Å²) in [6.45, 7) is 14.5. The maximum Gasteiger partial charge on any atom is 0.158 e. The van der Waals surface area contributed by atoms with Gasteiger partial charge in [-0.2, -0.15) is 0 Å². The molecule has 3 aromatic rings. The lowest BCUT2D eigenvalue weighted by Gasteiger charge is -2.35. The largest absolute Gasteiger partial charge is 0.597 e. The second-order valence-corrected chi connectivity index (χ2v) is 11.2. The number of methoxy groups -OCH3 is 1. The van der Waals surface area contributed by atoms with Crippen LogP contribution in [0, 0.1) is 0 Å². The Morgan fingerprint density at radius 3 is 2.73 bits per heavy atom. The zero-order chi connectivity index (χ0) is 24.2. The molecule has 0 fully saturated rings. The van der Waals surface area contributed by atoms with Crippen LogP contribution in [0.2, 0.25) is 0 Å². The van der Waals surface area contributed by atoms with E-state index >= 15 is 0 Å². The van der Waals surface area contributed by atoms with Gasteiger partial charge in [0.05, 0.1) is 36.4 Å². The Hall–Kier alpha value is -2.42. The van der Waals surface area contributed by atoms with Gasteiger partial charge in [-0.15, -0.1) is 10.9 Å². The summed E-state index contributed by atoms with van der Waals surface area (Å²) < 4.78 is 22.4. The fourth-order valence-corrected chi connectivity index (χ4v) is 5.13. The van der Waals surface area contributed by atoms with E-state index in [0.717, 1.165) is 47.6 Å². The van der Waals surface area contributed by atoms with Gasteiger partial charge in [0.15, 0.2) is 5.65 Å². The van der Waals surface area contributed by atoms with E-state index in [2.05, 4.69) is 16.5 Å². The van der Waals surface area contributed by atoms with Crippen LogP contribution in [0.25, 0.3) is 16.9 Å². The van der Waals surface area contributed by atoms with E-state index in [1.54, 1.807) is 19.5 Å². The number of allylic oxidation sites excluding steroid dienone is 1. The highest BCUT2D eigenvalue weighted by Gasteiger charge is 2.36. The molecule has 3 aromatic heterocycles. The predicted molar refractivity (Wildman–Crippen MR) is 135 cm³/mol. The molecule has 0 saturated heterocycles. The summed E-state index contributed by atoms with van der Waals surface area (Å²) in [5, 5.41) is 0. The van der Waals surface area contributed by atoms with Crippen LogP contribution in [-0.4, -0.2) is 46.6 Å². The van der Waals surface area contributed by atoms with Crippen molar-refractivity contribution >= 4 is 17.0 Å². The topological polar surface area (TPSA) is 78.6 Å². The molecule has 2 atom stereocenters. The summed E-state index contributed by atoms with van der Waals surface area (Å²) in [6, 6.07) is 1.87. The lowest BCUT2D eigenvalue weighted by Crippen LogP contribution is -2.44. The Bertz CT molecular complexity index is 1090. The number of imidazole rings is 1. The molecule has 0 amide bonds. The highest BCUT2D eigenvalue weighted by atomic mass is 32.2. The molecule has 7 nitrogen and oxygen atoms in total. The van der Waals surface area contributed by atoms with E-state index in [4.69, 9.17) is 9.72 Å². The van der Waals surface area contributed by atoms with Gasteiger partial charge in [-0.1, -0.05) is 6.08 Å². The van der Waals surface area contributed by atoms with Crippen molar-refractivity contribution in [2.24, 2.45) is 0 Å². The zero-order valence-electron chi connectivity index (χ0n) is 20.5. The number of fused-ring (bicyclic) bond motifs is 1. The van der Waals surface area contributed by atoms with Crippen LogP contribution in [0.5, 0.6) is 5.75 Å². The number of unbranched alkanes of at least 4 members (excludes halogenated alkanes) is 1. The first-order valence-corrected chi connectivity index (χ1v) is 12.5. The van der Waals surface area contributed by atoms with Gasteiger partial charge in [-0.3, -0.25) is 4.98 Å². The van der Waals surface area contributed by atoms with Gasteiger partial charge in [0.1, 0.15) is 10.5 Å². The lowest BCUT2D eigenvalue weighted by atomic mass is 10.1. The van der Waals surface area contributed by atoms with E-state index in [0.29, 0.717) is 12.3 Å². The van der Waals surface area contributed by atoms with Crippen LogP contribution < -0.4 is 4.74 Å². The van der Waals surface area contributed by atoms with Gasteiger partial charge >= 0.3 is 0 Å². The quantitative estimate of drug-likeness (QED) is 0.232. The molecule has 0 bridgehead atoms. The van der Waals surface area contributed by atoms with Crippen LogP contribution in [0.3, 0.4) is 0 Å². The first-order valence-electron chi connectivity index (χ1n) is 11.4. The van der Waals surface area contributed by atoms with Crippen molar-refractivity contribution in [2.45, 2.75) is 64.7 Å². The average Bonchev–Trinajstić information content (AvgIpc) is 3.27. The molecule has 0 N–H and O–H groups in total. The number of hydrogen-bond acceptors (Lipinski definition) is 6. The number of hydrogen-bond donors (Lipinski definition) is 0. The highest BCUT2D eigenvalue weighted by Crippen LogP contribution is 2.34. The zero-order valence-corrected chi connectivity index (χ0v) is 21.4. The van der Waals surface area contributed by atoms with Crippen molar-refractivity contribution in [1.29, 1.82) is 0 Å². The van der Waals surface area contributed by atoms with Gasteiger partial charge in [0, 0.05) is 42.1 Å². The van der Waals surface area contributed by atoms with E-state index < -0.39 is 11.4 Å². The summed E-state index contributed by atoms with van der Waals surface area (Å²) in [7, 11) is 1.64. The summed E-state index contributed by atoms with van der Waals surface area (Å²) in [6.07, 6.45) is 12.0. The van der Waals surface area contributed by atoms with Gasteiger partial charge in [-0.25, -0.2) is 9.97 Å². The molecule has 0 radical (unpaired) electrons. The summed E-state index contributed by atoms with van der Waals surface area (Å²) in [4.78, 5) is 14.1. The molecule has 8 heteroatoms. The molecular formula is C25H35N5O2S. The number of ether oxygens (including phenoxy) is 1. The fourth-order valence-electron chi connectivity index (χ4n) is 3.79. The number of nitrogens with zero attached hydrogens (tertiary/aromatic N) is 5. The molecule has 0 spiro atoms. The summed E-state index contributed by atoms with van der Waals surface area (Å²) >= 11 is -1.16. The Morgan fingerprint density at radius 1 is 1.33 bits per heavy atom. The molecule has 3 heterocycles. The molecule has 1 unspecified atom stereocenters. The molecular weight excluding hydrogens is 434 g/mol. The SMILES string of the molecule is C=CCCCc1nc(-c2cc([C@@H](C)N(CC)[S+]([O-])C(C)(C)C)ncc2OC)cn2ccnc12. The monoisotopic (exact) mass is 469 g/mol. The fraction of sp³-hybridized carbons (Fsp3) is 0.480. The normalized spacial score (nSPS) is 13.9. The van der Waals surface area contributed by atoms with Gasteiger partial charge in [0.2, 0.25) is 0 Å². The van der Waals surface area contributed by atoms with E-state index in [1.807, 2.05) is 67.9 Å². The third-order valence-corrected chi connectivity index (χ3v) is 7.61.